The number of rotatable bonds is 0. The van der Waals surface area contributed by atoms with Crippen LogP contribution in [-0.2, 0) is 131 Å². The molecule has 0 aliphatic rings. The van der Waals surface area contributed by atoms with E-state index in [1.165, 1.54) is 22.3 Å². The maximum Gasteiger partial charge on any atom is 0 e. The van der Waals surface area contributed by atoms with Crippen LogP contribution in [0.2, 0.25) is 0 Å². The molecule has 0 fully saturated rings. The van der Waals surface area contributed by atoms with Crippen LogP contribution in [0.15, 0.2) is 97.1 Å². The molecule has 0 saturated heterocycles. The van der Waals surface area contributed by atoms with Crippen LogP contribution in [0.3, 0.4) is 0 Å². The molecule has 0 saturated carbocycles. The van der Waals surface area contributed by atoms with E-state index in [4.69, 9.17) is 0 Å². The van der Waals surface area contributed by atoms with E-state index in [1.807, 2.05) is 236 Å². The maximum atomic E-state index is 3.03. The van der Waals surface area contributed by atoms with Gasteiger partial charge in [-0.15, -0.1) is 0 Å². The van der Waals surface area contributed by atoms with E-state index >= 15 is 0 Å². The molecule has 4 radical (unpaired) electrons. The molecule has 0 bridgehead atoms. The van der Waals surface area contributed by atoms with Crippen molar-refractivity contribution in [3.05, 3.63) is 158 Å². The molecule has 316 valence electrons. The number of aryl methyl sites for hydroxylation is 4. The second-order valence-electron chi connectivity index (χ2n) is 6.18. The molecule has 0 amide bonds. The normalized spacial score (nSPS) is 5.41. The Labute approximate surface area is 451 Å². The fourth-order valence-corrected chi connectivity index (χ4v) is 1.93. The fraction of sp³-hybridized carbons (Fsp3) is 0.480. The standard InChI is InChI=1S/4C7H7.8C2H6.4CH4.2CH3.4Y/c4*1-7-5-3-2-4-6-7;8*1-2;;;;;;;;;;/h4*2-5H,1H3;8*1-2H3;4*1H4;2*1H3;;;;/q4*-1;;;;;;;;;;;;;2*-1;;;;. The Kier molecular flexibility index (Phi) is 302. The first-order valence-corrected chi connectivity index (χ1v) is 17.3. The molecule has 54 heavy (non-hydrogen) atoms. The molecule has 0 atom stereocenters. The van der Waals surface area contributed by atoms with Crippen molar-refractivity contribution in [2.24, 2.45) is 0 Å². The average molecular weight is 1050 g/mol. The quantitative estimate of drug-likeness (QED) is 0.154. The van der Waals surface area contributed by atoms with Gasteiger partial charge in [0.05, 0.1) is 0 Å². The van der Waals surface area contributed by atoms with Gasteiger partial charge in [-0.05, 0) is 0 Å². The zero-order valence-electron chi connectivity index (χ0n) is 37.5. The Hall–Kier alpha value is 1.30. The van der Waals surface area contributed by atoms with Gasteiger partial charge in [-0.2, -0.15) is 144 Å². The first-order chi connectivity index (χ1) is 21.6. The Balaban J connectivity index is -0.0000000169. The van der Waals surface area contributed by atoms with Crippen LogP contribution in [-0.4, -0.2) is 0 Å². The molecule has 0 heterocycles. The van der Waals surface area contributed by atoms with Gasteiger partial charge in [0.2, 0.25) is 0 Å². The zero-order chi connectivity index (χ0) is 36.5. The van der Waals surface area contributed by atoms with Crippen molar-refractivity contribution in [2.45, 2.75) is 168 Å². The summed E-state index contributed by atoms with van der Waals surface area (Å²) < 4.78 is 0. The molecule has 4 aromatic rings. The monoisotopic (exact) mass is 1050 g/mol. The minimum atomic E-state index is 0. The number of hydrogen-bond donors (Lipinski definition) is 0. The average Bonchev–Trinajstić information content (AvgIpc) is 3.14. The third-order valence-corrected chi connectivity index (χ3v) is 3.46. The third-order valence-electron chi connectivity index (χ3n) is 3.46. The van der Waals surface area contributed by atoms with E-state index in [2.05, 4.69) is 24.3 Å². The van der Waals surface area contributed by atoms with Gasteiger partial charge in [-0.25, -0.2) is 0 Å². The van der Waals surface area contributed by atoms with Gasteiger partial charge in [0.25, 0.3) is 0 Å². The molecule has 0 aliphatic heterocycles. The first kappa shape index (κ1) is 117. The van der Waals surface area contributed by atoms with Crippen molar-refractivity contribution in [1.29, 1.82) is 0 Å². The summed E-state index contributed by atoms with van der Waals surface area (Å²) >= 11 is 0. The summed E-state index contributed by atoms with van der Waals surface area (Å²) in [6.07, 6.45) is 0. The van der Waals surface area contributed by atoms with Crippen LogP contribution in [0.4, 0.5) is 0 Å². The van der Waals surface area contributed by atoms with Crippen LogP contribution in [0.25, 0.3) is 0 Å². The van der Waals surface area contributed by atoms with Gasteiger partial charge >= 0.3 is 0 Å². The summed E-state index contributed by atoms with van der Waals surface area (Å²) in [5.74, 6) is 0. The summed E-state index contributed by atoms with van der Waals surface area (Å²) in [4.78, 5) is 0. The Morgan fingerprint density at radius 2 is 0.370 bits per heavy atom. The molecule has 0 aromatic heterocycles. The SMILES string of the molecule is C.C.C.C.CC.CC.CC.CC.CC.CC.CC.CC.Cc1[c-]cccc1.Cc1[c-]cccc1.Cc1[c-]cccc1.Cc1[c-]cccc1.[CH3-].[CH3-].[Y].[Y].[Y].[Y]. The smallest absolute Gasteiger partial charge is 0 e. The van der Waals surface area contributed by atoms with Crippen LogP contribution >= 0.6 is 0 Å². The molecule has 4 heteroatoms. The van der Waals surface area contributed by atoms with Crippen molar-refractivity contribution in [1.82, 2.24) is 0 Å². The van der Waals surface area contributed by atoms with Crippen molar-refractivity contribution < 1.29 is 131 Å². The van der Waals surface area contributed by atoms with E-state index in [-0.39, 0.29) is 175 Å². The molecule has 0 aliphatic carbocycles. The van der Waals surface area contributed by atoms with E-state index in [9.17, 15) is 0 Å². The Morgan fingerprint density at radius 3 is 0.407 bits per heavy atom. The molecule has 4 rings (SSSR count). The summed E-state index contributed by atoms with van der Waals surface area (Å²) in [6, 6.07) is 43.8. The van der Waals surface area contributed by atoms with Crippen molar-refractivity contribution in [2.75, 3.05) is 0 Å². The van der Waals surface area contributed by atoms with Gasteiger partial charge in [0.15, 0.2) is 0 Å². The summed E-state index contributed by atoms with van der Waals surface area (Å²) in [7, 11) is 0. The largest absolute Gasteiger partial charge is 0.358 e. The third kappa shape index (κ3) is 131. The van der Waals surface area contributed by atoms with Crippen LogP contribution < -0.4 is 0 Å². The van der Waals surface area contributed by atoms with E-state index in [1.54, 1.807) is 0 Å². The second kappa shape index (κ2) is 139. The summed E-state index contributed by atoms with van der Waals surface area (Å²) in [6.45, 7) is 40.1. The van der Waals surface area contributed by atoms with E-state index < -0.39 is 0 Å². The van der Waals surface area contributed by atoms with Crippen molar-refractivity contribution in [3.8, 4) is 0 Å². The molecule has 0 unspecified atom stereocenters. The first-order valence-electron chi connectivity index (χ1n) is 17.3. The number of hydrogen-bond acceptors (Lipinski definition) is 0. The van der Waals surface area contributed by atoms with Crippen LogP contribution in [0.1, 0.15) is 163 Å². The zero-order valence-corrected chi connectivity index (χ0v) is 48.9. The minimum Gasteiger partial charge on any atom is -0.358 e. The molecular formula is C50H98Y4-6. The van der Waals surface area contributed by atoms with Crippen LogP contribution in [0, 0.1) is 66.8 Å². The molecule has 4 aromatic carbocycles. The Morgan fingerprint density at radius 1 is 0.259 bits per heavy atom. The predicted molar refractivity (Wildman–Crippen MR) is 251 cm³/mol. The van der Waals surface area contributed by atoms with E-state index in [0.717, 1.165) is 0 Å². The molecule has 0 N–H and O–H groups in total. The number of benzene rings is 4. The molecule has 0 spiro atoms. The van der Waals surface area contributed by atoms with Gasteiger partial charge in [0.1, 0.15) is 0 Å². The Bertz CT molecular complexity index is 690. The molecule has 0 nitrogen and oxygen atoms in total. The van der Waals surface area contributed by atoms with Gasteiger partial charge in [0, 0.05) is 131 Å². The van der Waals surface area contributed by atoms with Gasteiger partial charge in [-0.1, -0.05) is 168 Å². The summed E-state index contributed by atoms with van der Waals surface area (Å²) in [5, 5.41) is 0. The minimum absolute atomic E-state index is 0. The fourth-order valence-electron chi connectivity index (χ4n) is 1.93. The molecular weight excluding hydrogens is 956 g/mol. The maximum absolute atomic E-state index is 3.03. The van der Waals surface area contributed by atoms with Crippen molar-refractivity contribution >= 4 is 0 Å². The predicted octanol–water partition coefficient (Wildman–Crippen LogP) is 18.8. The van der Waals surface area contributed by atoms with Crippen molar-refractivity contribution in [3.63, 3.8) is 0 Å². The van der Waals surface area contributed by atoms with Crippen LogP contribution in [0.5, 0.6) is 0 Å². The summed E-state index contributed by atoms with van der Waals surface area (Å²) in [5.41, 5.74) is 4.79. The topological polar surface area (TPSA) is 0 Å². The van der Waals surface area contributed by atoms with Gasteiger partial charge in [-0.3, -0.25) is 0 Å². The second-order valence-corrected chi connectivity index (χ2v) is 6.18. The van der Waals surface area contributed by atoms with Gasteiger partial charge < -0.3 is 14.9 Å². The van der Waals surface area contributed by atoms with E-state index in [0.29, 0.717) is 0 Å².